The number of thioether (sulfide) groups is 1. The van der Waals surface area contributed by atoms with Crippen LogP contribution in [-0.4, -0.2) is 38.5 Å². The molecule has 8 nitrogen and oxygen atoms in total. The summed E-state index contributed by atoms with van der Waals surface area (Å²) in [5, 5.41) is 20.5. The van der Waals surface area contributed by atoms with E-state index in [9.17, 15) is 10.1 Å². The molecule has 2 aromatic heterocycles. The predicted molar refractivity (Wildman–Crippen MR) is 128 cm³/mol. The number of aromatic amines is 1. The molecule has 9 heteroatoms. The predicted octanol–water partition coefficient (Wildman–Crippen LogP) is 4.56. The third kappa shape index (κ3) is 5.06. The van der Waals surface area contributed by atoms with Crippen molar-refractivity contribution in [1.82, 2.24) is 19.7 Å². The van der Waals surface area contributed by atoms with Crippen molar-refractivity contribution >= 4 is 23.5 Å². The molecule has 1 amide bonds. The Bertz CT molecular complexity index is 1170. The van der Waals surface area contributed by atoms with E-state index in [1.165, 1.54) is 37.4 Å². The monoisotopic (exact) mass is 464 g/mol. The Kier molecular flexibility index (Phi) is 7.04. The first-order valence-corrected chi connectivity index (χ1v) is 12.1. The van der Waals surface area contributed by atoms with Crippen LogP contribution in [0.1, 0.15) is 48.3 Å². The van der Waals surface area contributed by atoms with E-state index >= 15 is 0 Å². The SMILES string of the molecule is COc1ccc(-n2c(C)c(C)c(C#N)c2NC(=O)CSc2n[nH]c(CC3CCCC3)n2)cc1. The minimum atomic E-state index is -0.217. The Balaban J connectivity index is 1.46. The van der Waals surface area contributed by atoms with Crippen molar-refractivity contribution in [3.05, 3.63) is 46.9 Å². The molecule has 3 aromatic rings. The van der Waals surface area contributed by atoms with Gasteiger partial charge in [0.15, 0.2) is 0 Å². The second kappa shape index (κ2) is 10.1. The van der Waals surface area contributed by atoms with Gasteiger partial charge >= 0.3 is 0 Å². The minimum Gasteiger partial charge on any atom is -0.497 e. The number of nitriles is 1. The molecule has 0 bridgehead atoms. The molecule has 2 N–H and O–H groups in total. The highest BCUT2D eigenvalue weighted by atomic mass is 32.2. The Morgan fingerprint density at radius 3 is 2.70 bits per heavy atom. The first-order chi connectivity index (χ1) is 16.0. The molecule has 1 fully saturated rings. The lowest BCUT2D eigenvalue weighted by Gasteiger charge is -2.13. The highest BCUT2D eigenvalue weighted by Crippen LogP contribution is 2.31. The summed E-state index contributed by atoms with van der Waals surface area (Å²) in [5.41, 5.74) is 3.02. The molecule has 0 saturated heterocycles. The van der Waals surface area contributed by atoms with Crippen LogP contribution in [0.15, 0.2) is 29.4 Å². The number of aromatic nitrogens is 4. The zero-order valence-electron chi connectivity index (χ0n) is 19.1. The Morgan fingerprint density at radius 2 is 2.03 bits per heavy atom. The number of benzene rings is 1. The van der Waals surface area contributed by atoms with Crippen LogP contribution < -0.4 is 10.1 Å². The van der Waals surface area contributed by atoms with Gasteiger partial charge in [-0.3, -0.25) is 14.5 Å². The van der Waals surface area contributed by atoms with Crippen molar-refractivity contribution in [2.75, 3.05) is 18.2 Å². The van der Waals surface area contributed by atoms with E-state index in [1.54, 1.807) is 7.11 Å². The van der Waals surface area contributed by atoms with Crippen LogP contribution in [0.25, 0.3) is 5.69 Å². The van der Waals surface area contributed by atoms with Gasteiger partial charge in [-0.1, -0.05) is 37.4 Å². The molecular weight excluding hydrogens is 436 g/mol. The van der Waals surface area contributed by atoms with Gasteiger partial charge in [-0.15, -0.1) is 5.10 Å². The molecule has 4 rings (SSSR count). The molecule has 0 spiro atoms. The van der Waals surface area contributed by atoms with Crippen molar-refractivity contribution in [3.63, 3.8) is 0 Å². The second-order valence-corrected chi connectivity index (χ2v) is 9.28. The van der Waals surface area contributed by atoms with Gasteiger partial charge in [0.05, 0.1) is 18.4 Å². The quantitative estimate of drug-likeness (QED) is 0.473. The number of carbonyl (C=O) groups is 1. The zero-order chi connectivity index (χ0) is 23.4. The molecule has 1 aliphatic carbocycles. The molecule has 172 valence electrons. The summed E-state index contributed by atoms with van der Waals surface area (Å²) in [6.45, 7) is 3.82. The fourth-order valence-electron chi connectivity index (χ4n) is 4.33. The first-order valence-electron chi connectivity index (χ1n) is 11.1. The number of ether oxygens (including phenoxy) is 1. The number of hydrogen-bond donors (Lipinski definition) is 2. The summed E-state index contributed by atoms with van der Waals surface area (Å²) in [4.78, 5) is 17.3. The van der Waals surface area contributed by atoms with E-state index in [4.69, 9.17) is 4.74 Å². The number of nitrogens with zero attached hydrogens (tertiary/aromatic N) is 4. The van der Waals surface area contributed by atoms with E-state index in [0.29, 0.717) is 22.5 Å². The summed E-state index contributed by atoms with van der Waals surface area (Å²) in [6, 6.07) is 9.74. The topological polar surface area (TPSA) is 109 Å². The number of carbonyl (C=O) groups excluding carboxylic acids is 1. The average molecular weight is 465 g/mol. The number of rotatable bonds is 8. The highest BCUT2D eigenvalue weighted by molar-refractivity contribution is 7.99. The maximum Gasteiger partial charge on any atom is 0.236 e. The number of nitrogens with one attached hydrogen (secondary N) is 2. The van der Waals surface area contributed by atoms with Crippen molar-refractivity contribution in [2.24, 2.45) is 5.92 Å². The van der Waals surface area contributed by atoms with E-state index < -0.39 is 0 Å². The van der Waals surface area contributed by atoms with Crippen molar-refractivity contribution in [3.8, 4) is 17.5 Å². The standard InChI is InChI=1S/C24H28N6O2S/c1-15-16(2)30(18-8-10-19(32-3)11-9-18)23(20(15)13-25)27-22(31)14-33-24-26-21(28-29-24)12-17-6-4-5-7-17/h8-11,17H,4-7,12,14H2,1-3H3,(H,27,31)(H,26,28,29). The number of hydrogen-bond acceptors (Lipinski definition) is 6. The van der Waals surface area contributed by atoms with Gasteiger partial charge in [0.2, 0.25) is 11.1 Å². The van der Waals surface area contributed by atoms with Crippen LogP contribution >= 0.6 is 11.8 Å². The molecule has 1 aromatic carbocycles. The number of amides is 1. The number of H-pyrrole nitrogens is 1. The van der Waals surface area contributed by atoms with E-state index in [-0.39, 0.29) is 11.7 Å². The summed E-state index contributed by atoms with van der Waals surface area (Å²) in [6.07, 6.45) is 6.00. The fraction of sp³-hybridized carbons (Fsp3) is 0.417. The zero-order valence-corrected chi connectivity index (χ0v) is 20.0. The molecule has 2 heterocycles. The molecule has 0 atom stereocenters. The van der Waals surface area contributed by atoms with Crippen LogP contribution in [0.4, 0.5) is 5.82 Å². The minimum absolute atomic E-state index is 0.150. The Labute approximate surface area is 197 Å². The molecule has 1 saturated carbocycles. The first kappa shape index (κ1) is 22.9. The lowest BCUT2D eigenvalue weighted by molar-refractivity contribution is -0.113. The number of methoxy groups -OCH3 is 1. The van der Waals surface area contributed by atoms with Gasteiger partial charge in [-0.2, -0.15) is 5.26 Å². The maximum absolute atomic E-state index is 12.8. The summed E-state index contributed by atoms with van der Waals surface area (Å²) >= 11 is 1.28. The summed E-state index contributed by atoms with van der Waals surface area (Å²) in [5.74, 6) is 2.71. The van der Waals surface area contributed by atoms with Crippen LogP contribution in [0.3, 0.4) is 0 Å². The molecule has 33 heavy (non-hydrogen) atoms. The van der Waals surface area contributed by atoms with E-state index in [0.717, 1.165) is 34.9 Å². The van der Waals surface area contributed by atoms with Gasteiger partial charge in [-0.05, 0) is 49.6 Å². The third-order valence-electron chi connectivity index (χ3n) is 6.21. The molecule has 0 unspecified atom stereocenters. The smallest absolute Gasteiger partial charge is 0.236 e. The van der Waals surface area contributed by atoms with Crippen molar-refractivity contribution in [1.29, 1.82) is 5.26 Å². The van der Waals surface area contributed by atoms with Crippen LogP contribution in [0.2, 0.25) is 0 Å². The van der Waals surface area contributed by atoms with Gasteiger partial charge in [0, 0.05) is 17.8 Å². The third-order valence-corrected chi connectivity index (χ3v) is 7.06. The van der Waals surface area contributed by atoms with Gasteiger partial charge in [-0.25, -0.2) is 4.98 Å². The second-order valence-electron chi connectivity index (χ2n) is 8.34. The maximum atomic E-state index is 12.8. The normalized spacial score (nSPS) is 13.8. The van der Waals surface area contributed by atoms with Gasteiger partial charge < -0.3 is 10.1 Å². The van der Waals surface area contributed by atoms with Gasteiger partial charge in [0.1, 0.15) is 23.5 Å². The molecule has 0 radical (unpaired) electrons. The van der Waals surface area contributed by atoms with Crippen LogP contribution in [0.5, 0.6) is 5.75 Å². The van der Waals surface area contributed by atoms with Crippen LogP contribution in [-0.2, 0) is 11.2 Å². The van der Waals surface area contributed by atoms with Gasteiger partial charge in [0.25, 0.3) is 0 Å². The lowest BCUT2D eigenvalue weighted by Crippen LogP contribution is -2.17. The van der Waals surface area contributed by atoms with E-state index in [2.05, 4.69) is 26.6 Å². The fourth-order valence-corrected chi connectivity index (χ4v) is 4.95. The van der Waals surface area contributed by atoms with E-state index in [1.807, 2.05) is 42.7 Å². The Hall–Kier alpha value is -3.25. The number of anilines is 1. The molecule has 0 aliphatic heterocycles. The summed E-state index contributed by atoms with van der Waals surface area (Å²) < 4.78 is 7.14. The summed E-state index contributed by atoms with van der Waals surface area (Å²) in [7, 11) is 1.61. The molecule has 1 aliphatic rings. The largest absolute Gasteiger partial charge is 0.497 e. The van der Waals surface area contributed by atoms with Crippen molar-refractivity contribution in [2.45, 2.75) is 51.1 Å². The lowest BCUT2D eigenvalue weighted by atomic mass is 10.0. The average Bonchev–Trinajstić information content (AvgIpc) is 3.55. The molecular formula is C24H28N6O2S. The van der Waals surface area contributed by atoms with Crippen molar-refractivity contribution < 1.29 is 9.53 Å². The van der Waals surface area contributed by atoms with Crippen LogP contribution in [0, 0.1) is 31.1 Å². The highest BCUT2D eigenvalue weighted by Gasteiger charge is 2.21. The Morgan fingerprint density at radius 1 is 1.30 bits per heavy atom.